The van der Waals surface area contributed by atoms with Crippen LogP contribution in [0.3, 0.4) is 0 Å². The van der Waals surface area contributed by atoms with E-state index in [2.05, 4.69) is 29.3 Å². The van der Waals surface area contributed by atoms with Crippen LogP contribution < -0.4 is 0 Å². The first-order valence-electron chi connectivity index (χ1n) is 2.88. The molecular formula is H9Al5N3S2. The van der Waals surface area contributed by atoms with Crippen LogP contribution in [0, 0.1) is 0 Å². The van der Waals surface area contributed by atoms with E-state index in [1.807, 2.05) is 16.5 Å². The summed E-state index contributed by atoms with van der Waals surface area (Å²) in [5.74, 6) is 0. The van der Waals surface area contributed by atoms with E-state index in [4.69, 9.17) is 0 Å². The standard InChI is InChI=1S/5Al.H2NS2.2N.7H/c;;;;;2-1-3;;;;;;;;;/h;;;;;2-3H;;;;;;;;;/q;;;;+1;-1;;;;;;;;;. The van der Waals surface area contributed by atoms with E-state index in [-0.39, 0.29) is 31.3 Å². The first-order valence-corrected chi connectivity index (χ1v) is 8.63. The summed E-state index contributed by atoms with van der Waals surface area (Å²) in [6, 6.07) is 0. The Hall–Kier alpha value is 3.24. The Balaban J connectivity index is 3.34. The molecule has 0 aliphatic rings. The van der Waals surface area contributed by atoms with E-state index in [0.29, 0.717) is 0 Å². The summed E-state index contributed by atoms with van der Waals surface area (Å²) in [4.78, 5) is 0. The van der Waals surface area contributed by atoms with Gasteiger partial charge >= 0.3 is 31.3 Å². The quantitative estimate of drug-likeness (QED) is 0.389. The Bertz CT molecular complexity index is 77.0. The van der Waals surface area contributed by atoms with Gasteiger partial charge in [-0.15, -0.1) is 25.6 Å². The van der Waals surface area contributed by atoms with Gasteiger partial charge in [0.05, 0.1) is 0 Å². The Kier molecular flexibility index (Phi) is 10.1. The van der Waals surface area contributed by atoms with Gasteiger partial charge in [-0.05, 0) is 0 Å². The van der Waals surface area contributed by atoms with Gasteiger partial charge in [0.2, 0.25) is 16.5 Å². The predicted molar refractivity (Wildman–Crippen MR) is 62.0 cm³/mol. The van der Waals surface area contributed by atoms with E-state index >= 15 is 0 Å². The first kappa shape index (κ1) is 13.2. The van der Waals surface area contributed by atoms with E-state index in [1.165, 1.54) is 33.0 Å². The lowest BCUT2D eigenvalue weighted by atomic mass is 13.7. The van der Waals surface area contributed by atoms with Crippen LogP contribution in [0.25, 0.3) is 0 Å². The Morgan fingerprint density at radius 1 is 1.20 bits per heavy atom. The van der Waals surface area contributed by atoms with Crippen molar-refractivity contribution in [2.75, 3.05) is 0 Å². The summed E-state index contributed by atoms with van der Waals surface area (Å²) >= 11 is 12.3. The molecule has 0 aliphatic heterocycles. The summed E-state index contributed by atoms with van der Waals surface area (Å²) in [6.45, 7) is 0. The maximum atomic E-state index is 4.11. The minimum absolute atomic E-state index is 0.0476. The minimum atomic E-state index is -0.300. The van der Waals surface area contributed by atoms with Crippen LogP contribution in [0.4, 0.5) is 0 Å². The zero-order valence-electron chi connectivity index (χ0n) is 6.36. The molecule has 0 fully saturated rings. The molecule has 0 aliphatic carbocycles. The molecule has 3 nitrogen and oxygen atoms in total. The molecule has 0 saturated heterocycles. The van der Waals surface area contributed by atoms with Crippen molar-refractivity contribution in [2.45, 2.75) is 0 Å². The Labute approximate surface area is 111 Å². The molecule has 10 heavy (non-hydrogen) atoms. The van der Waals surface area contributed by atoms with Crippen molar-refractivity contribution in [1.29, 1.82) is 0 Å². The van der Waals surface area contributed by atoms with Gasteiger partial charge in [0.1, 0.15) is 0 Å². The number of hydrogen-bond donors (Lipinski definition) is 2. The van der Waals surface area contributed by atoms with E-state index in [1.54, 1.807) is 2.69 Å². The third-order valence-electron chi connectivity index (χ3n) is 0.809. The van der Waals surface area contributed by atoms with Crippen molar-refractivity contribution in [2.24, 2.45) is 0 Å². The lowest BCUT2D eigenvalue weighted by Crippen LogP contribution is -2.42. The first-order chi connectivity index (χ1) is 4.52. The molecule has 0 bridgehead atoms. The van der Waals surface area contributed by atoms with Crippen LogP contribution in [0.2, 0.25) is 0 Å². The topological polar surface area (TPSA) is 9.72 Å². The average molecular weight is 250 g/mol. The summed E-state index contributed by atoms with van der Waals surface area (Å²) in [5.41, 5.74) is 0. The second-order valence-corrected chi connectivity index (χ2v) is 20.0. The maximum Gasteiger partial charge on any atom is 0.443 e. The molecule has 0 unspecified atom stereocenters. The zero-order chi connectivity index (χ0) is 8.15. The van der Waals surface area contributed by atoms with Gasteiger partial charge in [-0.1, -0.05) is 0 Å². The molecule has 0 heterocycles. The Morgan fingerprint density at radius 3 is 2.00 bits per heavy atom. The van der Waals surface area contributed by atoms with Gasteiger partial charge in [-0.25, -0.2) is 0 Å². The van der Waals surface area contributed by atoms with Gasteiger partial charge in [-0.2, -0.15) is 0 Å². The predicted octanol–water partition coefficient (Wildman–Crippen LogP) is -3.97. The van der Waals surface area contributed by atoms with Gasteiger partial charge in [-0.3, -0.25) is 2.69 Å². The summed E-state index contributed by atoms with van der Waals surface area (Å²) in [6.07, 6.45) is 0. The number of thiol groups is 2. The highest BCUT2D eigenvalue weighted by Gasteiger charge is 2.07. The van der Waals surface area contributed by atoms with Crippen molar-refractivity contribution < 1.29 is 0 Å². The van der Waals surface area contributed by atoms with Gasteiger partial charge < -0.3 is 3.70 Å². The third kappa shape index (κ3) is 9.33. The molecule has 0 amide bonds. The molecule has 51 valence electrons. The van der Waals surface area contributed by atoms with E-state index < -0.39 is 0 Å². The molecular weight excluding hydrogens is 241 g/mol. The highest BCUT2D eigenvalue weighted by Crippen LogP contribution is 1.93. The van der Waals surface area contributed by atoms with Gasteiger partial charge in [0.15, 0.2) is 0 Å². The normalized spacial score (nSPS) is 10.9. The van der Waals surface area contributed by atoms with Crippen molar-refractivity contribution in [3.05, 3.63) is 0 Å². The van der Waals surface area contributed by atoms with Gasteiger partial charge in [0.25, 0.3) is 33.0 Å². The lowest BCUT2D eigenvalue weighted by molar-refractivity contribution is 0.945. The second kappa shape index (κ2) is 7.63. The van der Waals surface area contributed by atoms with Crippen LogP contribution in [0.15, 0.2) is 0 Å². The molecule has 0 saturated carbocycles. The molecule has 0 N–H and O–H groups in total. The molecule has 0 rings (SSSR count). The third-order valence-corrected chi connectivity index (χ3v) is 7.28. The SMILES string of the molecule is [AlH][N]([AlH][N]([AlH2])[AlH2])[AlH][N](S)S. The molecule has 0 atom stereocenters. The summed E-state index contributed by atoms with van der Waals surface area (Å²) in [7, 11) is 0. The lowest BCUT2D eigenvalue weighted by Gasteiger charge is -2.23. The van der Waals surface area contributed by atoms with Crippen molar-refractivity contribution in [1.82, 2.24) is 6.40 Å². The monoisotopic (exact) mass is 250 g/mol. The van der Waals surface area contributed by atoms with Crippen LogP contribution in [-0.2, 0) is 0 Å². The van der Waals surface area contributed by atoms with E-state index in [9.17, 15) is 0 Å². The smallest absolute Gasteiger partial charge is 0.443 e. The second-order valence-electron chi connectivity index (χ2n) is 2.41. The molecule has 0 spiro atoms. The fourth-order valence-electron chi connectivity index (χ4n) is 0.624. The maximum absolute atomic E-state index is 4.11. The largest absolute Gasteiger partial charge is 0.561 e. The average Bonchev–Trinajstić information content (AvgIpc) is 1.58. The molecule has 0 aromatic carbocycles. The fraction of sp³-hybridized carbons (Fsp3) is 0. The summed E-state index contributed by atoms with van der Waals surface area (Å²) < 4.78 is 6.78. The molecule has 1 radical (unpaired) electrons. The van der Waals surface area contributed by atoms with Crippen LogP contribution in [-0.4, -0.2) is 87.2 Å². The highest BCUT2D eigenvalue weighted by atomic mass is 32.2. The van der Waals surface area contributed by atoms with E-state index in [0.717, 1.165) is 0 Å². The highest BCUT2D eigenvalue weighted by molar-refractivity contribution is 7.95. The van der Waals surface area contributed by atoms with Crippen molar-refractivity contribution >= 4 is 106 Å². The Morgan fingerprint density at radius 2 is 1.70 bits per heavy atom. The van der Waals surface area contributed by atoms with Crippen LogP contribution in [0.5, 0.6) is 0 Å². The number of hydrogen-bond acceptors (Lipinski definition) is 5. The molecule has 10 heteroatoms. The van der Waals surface area contributed by atoms with Gasteiger partial charge in [0, 0.05) is 0 Å². The van der Waals surface area contributed by atoms with Crippen molar-refractivity contribution in [3.63, 3.8) is 0 Å². The van der Waals surface area contributed by atoms with Crippen LogP contribution in [0.1, 0.15) is 0 Å². The zero-order valence-corrected chi connectivity index (χ0v) is 16.4. The molecule has 0 aromatic rings. The summed E-state index contributed by atoms with van der Waals surface area (Å²) in [5, 5.41) is 0. The van der Waals surface area contributed by atoms with Crippen LogP contribution >= 0.6 is 25.6 Å². The number of rotatable bonds is 4. The number of nitrogens with zero attached hydrogens (tertiary/aromatic N) is 3. The molecule has 0 aromatic heterocycles. The fourth-order valence-corrected chi connectivity index (χ4v) is 16.0. The van der Waals surface area contributed by atoms with Crippen molar-refractivity contribution in [3.8, 4) is 0 Å². The minimum Gasteiger partial charge on any atom is -0.561 e.